The van der Waals surface area contributed by atoms with Crippen LogP contribution >= 0.6 is 0 Å². The molecule has 0 atom stereocenters. The summed E-state index contributed by atoms with van der Waals surface area (Å²) in [5, 5.41) is 2.03. The third-order valence-corrected chi connectivity index (χ3v) is 4.59. The molecule has 9 heteroatoms. The number of hydrogen-bond donors (Lipinski definition) is 2. The molecule has 18 heavy (non-hydrogen) atoms. The SMILES string of the molecule is NCC(F)(F)CNC(=O)CCN1CCCS1(=O)=O. The van der Waals surface area contributed by atoms with Gasteiger partial charge in [0.05, 0.1) is 18.8 Å². The number of rotatable bonds is 6. The number of sulfonamides is 1. The lowest BCUT2D eigenvalue weighted by atomic mass is 10.3. The van der Waals surface area contributed by atoms with Crippen molar-refractivity contribution in [1.29, 1.82) is 0 Å². The number of nitrogens with two attached hydrogens (primary N) is 1. The number of nitrogens with one attached hydrogen (secondary N) is 1. The number of carbonyl (C=O) groups excluding carboxylic acids is 1. The highest BCUT2D eigenvalue weighted by molar-refractivity contribution is 7.89. The summed E-state index contributed by atoms with van der Waals surface area (Å²) < 4.78 is 49.5. The minimum absolute atomic E-state index is 0.0301. The van der Waals surface area contributed by atoms with Crippen LogP contribution in [0.15, 0.2) is 0 Å². The van der Waals surface area contributed by atoms with Crippen LogP contribution in [0.1, 0.15) is 12.8 Å². The average molecular weight is 285 g/mol. The number of hydrogen-bond acceptors (Lipinski definition) is 4. The smallest absolute Gasteiger partial charge is 0.277 e. The first-order chi connectivity index (χ1) is 8.27. The van der Waals surface area contributed by atoms with Crippen molar-refractivity contribution in [3.05, 3.63) is 0 Å². The number of carbonyl (C=O) groups is 1. The molecule has 1 aliphatic heterocycles. The van der Waals surface area contributed by atoms with Crippen LogP contribution in [0.5, 0.6) is 0 Å². The van der Waals surface area contributed by atoms with Crippen molar-refractivity contribution in [1.82, 2.24) is 9.62 Å². The van der Waals surface area contributed by atoms with Crippen molar-refractivity contribution in [2.45, 2.75) is 18.8 Å². The molecule has 0 bridgehead atoms. The van der Waals surface area contributed by atoms with Crippen molar-refractivity contribution in [2.24, 2.45) is 5.73 Å². The van der Waals surface area contributed by atoms with E-state index in [-0.39, 0.29) is 18.7 Å². The summed E-state index contributed by atoms with van der Waals surface area (Å²) in [7, 11) is -3.25. The Kier molecular flexibility index (Phi) is 5.00. The predicted octanol–water partition coefficient (Wildman–Crippen LogP) is -0.878. The summed E-state index contributed by atoms with van der Waals surface area (Å²) >= 11 is 0. The molecule has 1 aliphatic rings. The van der Waals surface area contributed by atoms with E-state index < -0.39 is 34.9 Å². The van der Waals surface area contributed by atoms with Gasteiger partial charge in [-0.3, -0.25) is 4.79 Å². The number of amides is 1. The van der Waals surface area contributed by atoms with Crippen molar-refractivity contribution in [3.8, 4) is 0 Å². The van der Waals surface area contributed by atoms with E-state index >= 15 is 0 Å². The first-order valence-electron chi connectivity index (χ1n) is 5.59. The number of halogens is 2. The van der Waals surface area contributed by atoms with Crippen LogP contribution in [0.3, 0.4) is 0 Å². The van der Waals surface area contributed by atoms with E-state index in [1.165, 1.54) is 4.31 Å². The molecular formula is C9H17F2N3O3S. The highest BCUT2D eigenvalue weighted by atomic mass is 32.2. The lowest BCUT2D eigenvalue weighted by Gasteiger charge is -2.16. The van der Waals surface area contributed by atoms with E-state index in [0.29, 0.717) is 13.0 Å². The molecule has 0 radical (unpaired) electrons. The van der Waals surface area contributed by atoms with Gasteiger partial charge >= 0.3 is 0 Å². The van der Waals surface area contributed by atoms with E-state index in [4.69, 9.17) is 5.73 Å². The monoisotopic (exact) mass is 285 g/mol. The maximum Gasteiger partial charge on any atom is 0.277 e. The molecule has 1 rings (SSSR count). The van der Waals surface area contributed by atoms with Crippen molar-refractivity contribution in [3.63, 3.8) is 0 Å². The molecule has 3 N–H and O–H groups in total. The summed E-state index contributed by atoms with van der Waals surface area (Å²) in [4.78, 5) is 11.3. The highest BCUT2D eigenvalue weighted by Gasteiger charge is 2.29. The van der Waals surface area contributed by atoms with Crippen LogP contribution in [0.25, 0.3) is 0 Å². The molecule has 1 heterocycles. The van der Waals surface area contributed by atoms with E-state index in [1.54, 1.807) is 0 Å². The summed E-state index contributed by atoms with van der Waals surface area (Å²) in [6.45, 7) is -1.25. The van der Waals surface area contributed by atoms with Crippen LogP contribution in [0.2, 0.25) is 0 Å². The molecular weight excluding hydrogens is 268 g/mol. The maximum absolute atomic E-state index is 12.7. The Hall–Kier alpha value is -0.800. The largest absolute Gasteiger partial charge is 0.350 e. The predicted molar refractivity (Wildman–Crippen MR) is 61.6 cm³/mol. The molecule has 1 amide bonds. The fourth-order valence-corrected chi connectivity index (χ4v) is 3.09. The van der Waals surface area contributed by atoms with Crippen LogP contribution in [0, 0.1) is 0 Å². The standard InChI is InChI=1S/C9H17F2N3O3S/c10-9(11,6-12)7-13-8(15)2-4-14-3-1-5-18(14,16)17/h1-7,12H2,(H,13,15). The molecule has 1 saturated heterocycles. The topological polar surface area (TPSA) is 92.5 Å². The van der Waals surface area contributed by atoms with Gasteiger partial charge in [-0.15, -0.1) is 0 Å². The Labute approximate surface area is 105 Å². The quantitative estimate of drug-likeness (QED) is 0.663. The molecule has 0 spiro atoms. The molecule has 0 aromatic carbocycles. The van der Waals surface area contributed by atoms with E-state index in [9.17, 15) is 22.0 Å². The minimum Gasteiger partial charge on any atom is -0.350 e. The summed E-state index contributed by atoms with van der Waals surface area (Å²) in [6.07, 6.45) is 0.412. The first kappa shape index (κ1) is 15.3. The molecule has 0 aromatic heterocycles. The lowest BCUT2D eigenvalue weighted by molar-refractivity contribution is -0.123. The second kappa shape index (κ2) is 5.89. The van der Waals surface area contributed by atoms with Crippen LogP contribution in [-0.2, 0) is 14.8 Å². The van der Waals surface area contributed by atoms with E-state index in [2.05, 4.69) is 0 Å². The van der Waals surface area contributed by atoms with Crippen molar-refractivity contribution in [2.75, 3.05) is 31.9 Å². The maximum atomic E-state index is 12.7. The summed E-state index contributed by atoms with van der Waals surface area (Å²) in [5.74, 6) is -3.65. The fraction of sp³-hybridized carbons (Fsp3) is 0.889. The number of alkyl halides is 2. The lowest BCUT2D eigenvalue weighted by Crippen LogP contribution is -2.42. The first-order valence-corrected chi connectivity index (χ1v) is 7.20. The zero-order valence-corrected chi connectivity index (χ0v) is 10.7. The van der Waals surface area contributed by atoms with Crippen molar-refractivity contribution >= 4 is 15.9 Å². The number of nitrogens with zero attached hydrogens (tertiary/aromatic N) is 1. The summed E-state index contributed by atoms with van der Waals surface area (Å²) in [6, 6.07) is 0. The van der Waals surface area contributed by atoms with Gasteiger partial charge in [0.25, 0.3) is 5.92 Å². The Morgan fingerprint density at radius 1 is 1.44 bits per heavy atom. The van der Waals surface area contributed by atoms with Crippen LogP contribution in [0.4, 0.5) is 8.78 Å². The zero-order valence-electron chi connectivity index (χ0n) is 9.86. The van der Waals surface area contributed by atoms with Gasteiger partial charge in [0.1, 0.15) is 0 Å². The normalized spacial score (nSPS) is 19.9. The zero-order chi connectivity index (χ0) is 13.8. The van der Waals surface area contributed by atoms with E-state index in [1.807, 2.05) is 5.32 Å². The van der Waals surface area contributed by atoms with Gasteiger partial charge in [0, 0.05) is 19.5 Å². The Bertz CT molecular complexity index is 400. The van der Waals surface area contributed by atoms with Gasteiger partial charge in [-0.2, -0.15) is 0 Å². The van der Waals surface area contributed by atoms with Crippen LogP contribution < -0.4 is 11.1 Å². The second-order valence-corrected chi connectivity index (χ2v) is 6.24. The molecule has 0 aromatic rings. The minimum atomic E-state index is -3.25. The third kappa shape index (κ3) is 4.46. The molecule has 6 nitrogen and oxygen atoms in total. The molecule has 1 fully saturated rings. The Morgan fingerprint density at radius 3 is 2.61 bits per heavy atom. The van der Waals surface area contributed by atoms with Gasteiger partial charge in [-0.1, -0.05) is 0 Å². The molecule has 106 valence electrons. The Morgan fingerprint density at radius 2 is 2.11 bits per heavy atom. The van der Waals surface area contributed by atoms with Gasteiger partial charge in [0.2, 0.25) is 15.9 Å². The van der Waals surface area contributed by atoms with Gasteiger partial charge in [0.15, 0.2) is 0 Å². The fourth-order valence-electron chi connectivity index (χ4n) is 1.56. The molecule has 0 saturated carbocycles. The van der Waals surface area contributed by atoms with Crippen molar-refractivity contribution < 1.29 is 22.0 Å². The average Bonchev–Trinajstić information content (AvgIpc) is 2.63. The molecule has 0 unspecified atom stereocenters. The van der Waals surface area contributed by atoms with Gasteiger partial charge < -0.3 is 11.1 Å². The van der Waals surface area contributed by atoms with E-state index in [0.717, 1.165) is 0 Å². The second-order valence-electron chi connectivity index (χ2n) is 4.16. The summed E-state index contributed by atoms with van der Waals surface area (Å²) in [5.41, 5.74) is 4.81. The van der Waals surface area contributed by atoms with Gasteiger partial charge in [-0.25, -0.2) is 21.5 Å². The third-order valence-electron chi connectivity index (χ3n) is 2.63. The van der Waals surface area contributed by atoms with Gasteiger partial charge in [-0.05, 0) is 6.42 Å². The Balaban J connectivity index is 2.30. The molecule has 0 aliphatic carbocycles. The van der Waals surface area contributed by atoms with Crippen LogP contribution in [-0.4, -0.2) is 56.5 Å². The highest BCUT2D eigenvalue weighted by Crippen LogP contribution is 2.13.